The summed E-state index contributed by atoms with van der Waals surface area (Å²) in [5.41, 5.74) is 3.75. The van der Waals surface area contributed by atoms with Crippen LogP contribution in [-0.2, 0) is 0 Å². The van der Waals surface area contributed by atoms with E-state index in [-0.39, 0.29) is 13.2 Å². The molecule has 1 atom stereocenters. The number of nitrogens with two attached hydrogens (primary N) is 1. The Hall–Kier alpha value is -1.29. The minimum absolute atomic E-state index is 0.0458. The lowest BCUT2D eigenvalue weighted by molar-refractivity contribution is 0.110. The van der Waals surface area contributed by atoms with E-state index in [2.05, 4.69) is 0 Å². The number of rotatable bonds is 5. The molecule has 0 heterocycles. The number of methoxy groups -OCH3 is 1. The highest BCUT2D eigenvalue weighted by atomic mass is 19.1. The highest BCUT2D eigenvalue weighted by Gasteiger charge is 2.21. The third-order valence-corrected chi connectivity index (χ3v) is 2.02. The fourth-order valence-corrected chi connectivity index (χ4v) is 0.965. The maximum Gasteiger partial charge on any atom is 0.154 e. The maximum atomic E-state index is 13.4. The quantitative estimate of drug-likeness (QED) is 0.810. The van der Waals surface area contributed by atoms with Crippen LogP contribution in [0.1, 0.15) is 6.92 Å². The molecule has 0 aliphatic heterocycles. The van der Waals surface area contributed by atoms with Crippen molar-refractivity contribution < 1.29 is 13.9 Å². The van der Waals surface area contributed by atoms with E-state index in [1.807, 2.05) is 0 Å². The highest BCUT2D eigenvalue weighted by Crippen LogP contribution is 2.18. The predicted molar refractivity (Wildman–Crippen MR) is 57.1 cm³/mol. The minimum atomic E-state index is -1.49. The summed E-state index contributed by atoms with van der Waals surface area (Å²) in [7, 11) is 1.59. The van der Waals surface area contributed by atoms with Crippen molar-refractivity contribution in [3.63, 3.8) is 0 Å². The van der Waals surface area contributed by atoms with Gasteiger partial charge in [0.25, 0.3) is 0 Å². The van der Waals surface area contributed by atoms with Crippen LogP contribution in [0.3, 0.4) is 0 Å². The molecule has 4 heteroatoms. The summed E-state index contributed by atoms with van der Waals surface area (Å²) in [5, 5.41) is 0. The molecule has 1 aromatic carbocycles. The summed E-state index contributed by atoms with van der Waals surface area (Å²) in [6.07, 6.45) is 0. The average molecular weight is 213 g/mol. The number of hydrogen-bond donors (Lipinski definition) is 1. The lowest BCUT2D eigenvalue weighted by atomic mass is 10.1. The van der Waals surface area contributed by atoms with Gasteiger partial charge in [-0.3, -0.25) is 0 Å². The molecule has 1 aromatic rings. The van der Waals surface area contributed by atoms with Gasteiger partial charge in [0, 0.05) is 6.54 Å². The first-order valence-electron chi connectivity index (χ1n) is 4.73. The van der Waals surface area contributed by atoms with Crippen LogP contribution >= 0.6 is 0 Å². The zero-order chi connectivity index (χ0) is 11.3. The number of benzene rings is 1. The predicted octanol–water partition coefficient (Wildman–Crippen LogP) is 1.76. The van der Waals surface area contributed by atoms with Gasteiger partial charge in [0.2, 0.25) is 0 Å². The van der Waals surface area contributed by atoms with Crippen molar-refractivity contribution >= 4 is 0 Å². The van der Waals surface area contributed by atoms with Gasteiger partial charge < -0.3 is 15.2 Å². The molecule has 3 nitrogen and oxygen atoms in total. The summed E-state index contributed by atoms with van der Waals surface area (Å²) in [6, 6.07) is 6.97. The highest BCUT2D eigenvalue weighted by molar-refractivity contribution is 5.31. The van der Waals surface area contributed by atoms with E-state index in [1.165, 1.54) is 6.92 Å². The van der Waals surface area contributed by atoms with E-state index in [9.17, 15) is 4.39 Å². The zero-order valence-electron chi connectivity index (χ0n) is 9.00. The monoisotopic (exact) mass is 213 g/mol. The molecule has 0 fully saturated rings. The second kappa shape index (κ2) is 4.98. The van der Waals surface area contributed by atoms with Crippen LogP contribution in [0.25, 0.3) is 0 Å². The third kappa shape index (κ3) is 3.75. The summed E-state index contributed by atoms with van der Waals surface area (Å²) in [4.78, 5) is 0. The van der Waals surface area contributed by atoms with Crippen molar-refractivity contribution in [2.24, 2.45) is 5.73 Å². The summed E-state index contributed by atoms with van der Waals surface area (Å²) in [5.74, 6) is 1.34. The lowest BCUT2D eigenvalue weighted by Crippen LogP contribution is -2.35. The fourth-order valence-electron chi connectivity index (χ4n) is 0.965. The van der Waals surface area contributed by atoms with Crippen LogP contribution in [0, 0.1) is 0 Å². The van der Waals surface area contributed by atoms with Gasteiger partial charge in [-0.25, -0.2) is 4.39 Å². The van der Waals surface area contributed by atoms with Gasteiger partial charge in [-0.05, 0) is 31.2 Å². The molecule has 0 bridgehead atoms. The molecule has 0 aromatic heterocycles. The Morgan fingerprint density at radius 1 is 1.27 bits per heavy atom. The number of ether oxygens (including phenoxy) is 2. The van der Waals surface area contributed by atoms with E-state index >= 15 is 0 Å². The maximum absolute atomic E-state index is 13.4. The van der Waals surface area contributed by atoms with Crippen LogP contribution in [0.5, 0.6) is 11.5 Å². The molecule has 0 aliphatic rings. The molecule has 0 aliphatic carbocycles. The van der Waals surface area contributed by atoms with E-state index < -0.39 is 5.67 Å². The van der Waals surface area contributed by atoms with Gasteiger partial charge in [0.1, 0.15) is 18.1 Å². The van der Waals surface area contributed by atoms with Gasteiger partial charge in [0.05, 0.1) is 7.11 Å². The third-order valence-electron chi connectivity index (χ3n) is 2.02. The number of alkyl halides is 1. The SMILES string of the molecule is COc1ccc(OCC(C)(F)CN)cc1. The Labute approximate surface area is 89.0 Å². The molecule has 84 valence electrons. The molecule has 0 saturated carbocycles. The summed E-state index contributed by atoms with van der Waals surface area (Å²) in [6.45, 7) is 1.31. The zero-order valence-corrected chi connectivity index (χ0v) is 9.00. The number of hydrogen-bond acceptors (Lipinski definition) is 3. The van der Waals surface area contributed by atoms with Gasteiger partial charge in [-0.1, -0.05) is 0 Å². The molecular formula is C11H16FNO2. The molecule has 0 radical (unpaired) electrons. The van der Waals surface area contributed by atoms with Crippen LogP contribution in [0.4, 0.5) is 4.39 Å². The Bertz CT molecular complexity index is 298. The van der Waals surface area contributed by atoms with Crippen LogP contribution in [0.15, 0.2) is 24.3 Å². The van der Waals surface area contributed by atoms with Gasteiger partial charge in [-0.15, -0.1) is 0 Å². The fraction of sp³-hybridized carbons (Fsp3) is 0.455. The lowest BCUT2D eigenvalue weighted by Gasteiger charge is -2.18. The van der Waals surface area contributed by atoms with Crippen LogP contribution < -0.4 is 15.2 Å². The molecule has 0 spiro atoms. The van der Waals surface area contributed by atoms with Crippen molar-refractivity contribution in [3.8, 4) is 11.5 Å². The van der Waals surface area contributed by atoms with E-state index in [4.69, 9.17) is 15.2 Å². The average Bonchev–Trinajstić information content (AvgIpc) is 2.27. The van der Waals surface area contributed by atoms with Crippen LogP contribution in [0.2, 0.25) is 0 Å². The Morgan fingerprint density at radius 3 is 2.27 bits per heavy atom. The summed E-state index contributed by atoms with van der Waals surface area (Å²) < 4.78 is 23.6. The molecule has 0 amide bonds. The molecule has 1 rings (SSSR count). The number of halogens is 1. The Morgan fingerprint density at radius 2 is 1.80 bits per heavy atom. The second-order valence-corrected chi connectivity index (χ2v) is 3.58. The van der Waals surface area contributed by atoms with Crippen molar-refractivity contribution in [1.29, 1.82) is 0 Å². The smallest absolute Gasteiger partial charge is 0.154 e. The van der Waals surface area contributed by atoms with Gasteiger partial charge in [-0.2, -0.15) is 0 Å². The topological polar surface area (TPSA) is 44.5 Å². The van der Waals surface area contributed by atoms with E-state index in [0.717, 1.165) is 5.75 Å². The standard InChI is InChI=1S/C11H16FNO2/c1-11(12,7-13)8-15-10-5-3-9(14-2)4-6-10/h3-6H,7-8,13H2,1-2H3. The largest absolute Gasteiger partial charge is 0.497 e. The minimum Gasteiger partial charge on any atom is -0.497 e. The Kier molecular flexibility index (Phi) is 3.91. The van der Waals surface area contributed by atoms with Crippen LogP contribution in [-0.4, -0.2) is 25.9 Å². The molecular weight excluding hydrogens is 197 g/mol. The van der Waals surface area contributed by atoms with Gasteiger partial charge >= 0.3 is 0 Å². The van der Waals surface area contributed by atoms with Crippen molar-refractivity contribution in [3.05, 3.63) is 24.3 Å². The van der Waals surface area contributed by atoms with Crippen molar-refractivity contribution in [2.45, 2.75) is 12.6 Å². The second-order valence-electron chi connectivity index (χ2n) is 3.58. The first-order chi connectivity index (χ1) is 7.07. The normalized spacial score (nSPS) is 14.4. The van der Waals surface area contributed by atoms with E-state index in [1.54, 1.807) is 31.4 Å². The molecule has 1 unspecified atom stereocenters. The first kappa shape index (κ1) is 11.8. The molecule has 2 N–H and O–H groups in total. The van der Waals surface area contributed by atoms with Crippen molar-refractivity contribution in [2.75, 3.05) is 20.3 Å². The Balaban J connectivity index is 2.51. The molecule has 15 heavy (non-hydrogen) atoms. The van der Waals surface area contributed by atoms with E-state index in [0.29, 0.717) is 5.75 Å². The molecule has 0 saturated heterocycles. The summed E-state index contributed by atoms with van der Waals surface area (Å²) >= 11 is 0. The van der Waals surface area contributed by atoms with Gasteiger partial charge in [0.15, 0.2) is 5.67 Å². The van der Waals surface area contributed by atoms with Crippen molar-refractivity contribution in [1.82, 2.24) is 0 Å². The first-order valence-corrected chi connectivity index (χ1v) is 4.73.